The van der Waals surface area contributed by atoms with E-state index in [-0.39, 0.29) is 0 Å². The molecule has 11 heavy (non-hydrogen) atoms. The summed E-state index contributed by atoms with van der Waals surface area (Å²) < 4.78 is 0. The summed E-state index contributed by atoms with van der Waals surface area (Å²) in [4.78, 5) is 0. The number of rotatable bonds is 0. The lowest BCUT2D eigenvalue weighted by atomic mass is 9.95. The first-order valence-electron chi connectivity index (χ1n) is 3.86. The predicted molar refractivity (Wildman–Crippen MR) is 47.0 cm³/mol. The Kier molecular flexibility index (Phi) is 1.42. The molecule has 0 aromatic heterocycles. The Balaban J connectivity index is 2.43. The molecule has 0 fully saturated rings. The first-order valence-corrected chi connectivity index (χ1v) is 3.86. The lowest BCUT2D eigenvalue weighted by Gasteiger charge is -2.22. The third kappa shape index (κ3) is 1.03. The standard InChI is InChI=1S/C10H11N/c1-8-6-7-11-10-5-3-2-4-9(8)10/h2-7,10-11H,1H3. The van der Waals surface area contributed by atoms with Crippen molar-refractivity contribution in [2.24, 2.45) is 0 Å². The number of fused-ring (bicyclic) bond motifs is 1. The van der Waals surface area contributed by atoms with Crippen molar-refractivity contribution in [3.63, 3.8) is 0 Å². The molecule has 1 aliphatic carbocycles. The van der Waals surface area contributed by atoms with E-state index in [0.29, 0.717) is 6.04 Å². The Hall–Kier alpha value is -1.24. The molecule has 1 unspecified atom stereocenters. The molecule has 1 heterocycles. The van der Waals surface area contributed by atoms with E-state index in [4.69, 9.17) is 0 Å². The Morgan fingerprint density at radius 3 is 3.00 bits per heavy atom. The molecule has 0 bridgehead atoms. The molecule has 0 amide bonds. The van der Waals surface area contributed by atoms with Gasteiger partial charge in [-0.25, -0.2) is 0 Å². The first-order chi connectivity index (χ1) is 5.38. The fraction of sp³-hybridized carbons (Fsp3) is 0.200. The minimum absolute atomic E-state index is 0.407. The summed E-state index contributed by atoms with van der Waals surface area (Å²) >= 11 is 0. The van der Waals surface area contributed by atoms with Gasteiger partial charge < -0.3 is 5.32 Å². The van der Waals surface area contributed by atoms with E-state index in [0.717, 1.165) is 0 Å². The first kappa shape index (κ1) is 6.47. The van der Waals surface area contributed by atoms with Crippen molar-refractivity contribution in [3.8, 4) is 0 Å². The predicted octanol–water partition coefficient (Wildman–Crippen LogP) is 1.91. The van der Waals surface area contributed by atoms with E-state index >= 15 is 0 Å². The number of dihydropyridines is 1. The van der Waals surface area contributed by atoms with Crippen molar-refractivity contribution in [1.29, 1.82) is 0 Å². The minimum atomic E-state index is 0.407. The van der Waals surface area contributed by atoms with Gasteiger partial charge in [0.2, 0.25) is 0 Å². The topological polar surface area (TPSA) is 12.0 Å². The van der Waals surface area contributed by atoms with Gasteiger partial charge in [-0.15, -0.1) is 0 Å². The summed E-state index contributed by atoms with van der Waals surface area (Å²) in [5.74, 6) is 0. The van der Waals surface area contributed by atoms with Gasteiger partial charge in [-0.05, 0) is 30.3 Å². The van der Waals surface area contributed by atoms with Crippen molar-refractivity contribution in [1.82, 2.24) is 5.32 Å². The summed E-state index contributed by atoms with van der Waals surface area (Å²) in [6, 6.07) is 0.407. The van der Waals surface area contributed by atoms with Gasteiger partial charge in [0.1, 0.15) is 0 Å². The van der Waals surface area contributed by atoms with Crippen LogP contribution in [-0.4, -0.2) is 6.04 Å². The highest BCUT2D eigenvalue weighted by Crippen LogP contribution is 2.19. The lowest BCUT2D eigenvalue weighted by Crippen LogP contribution is -2.27. The van der Waals surface area contributed by atoms with E-state index in [9.17, 15) is 0 Å². The molecule has 1 aliphatic heterocycles. The number of allylic oxidation sites excluding steroid dienone is 4. The van der Waals surface area contributed by atoms with E-state index in [1.54, 1.807) is 0 Å². The maximum Gasteiger partial charge on any atom is 0.0698 e. The van der Waals surface area contributed by atoms with Crippen molar-refractivity contribution < 1.29 is 0 Å². The van der Waals surface area contributed by atoms with Crippen LogP contribution in [0.3, 0.4) is 0 Å². The van der Waals surface area contributed by atoms with Crippen molar-refractivity contribution in [3.05, 3.63) is 47.7 Å². The number of hydrogen-bond donors (Lipinski definition) is 1. The molecule has 0 saturated heterocycles. The van der Waals surface area contributed by atoms with Crippen molar-refractivity contribution in [2.75, 3.05) is 0 Å². The van der Waals surface area contributed by atoms with E-state index in [2.05, 4.69) is 42.6 Å². The smallest absolute Gasteiger partial charge is 0.0698 e. The van der Waals surface area contributed by atoms with Gasteiger partial charge in [-0.2, -0.15) is 0 Å². The molecule has 0 spiro atoms. The van der Waals surface area contributed by atoms with Crippen LogP contribution in [0.2, 0.25) is 0 Å². The second-order valence-electron chi connectivity index (χ2n) is 2.86. The highest BCUT2D eigenvalue weighted by Gasteiger charge is 2.13. The Labute approximate surface area is 66.8 Å². The lowest BCUT2D eigenvalue weighted by molar-refractivity contribution is 0.784. The molecule has 0 aromatic rings. The van der Waals surface area contributed by atoms with Gasteiger partial charge in [0.25, 0.3) is 0 Å². The van der Waals surface area contributed by atoms with Gasteiger partial charge in [0, 0.05) is 0 Å². The fourth-order valence-electron chi connectivity index (χ4n) is 1.44. The van der Waals surface area contributed by atoms with Gasteiger partial charge in [-0.1, -0.05) is 24.3 Å². The van der Waals surface area contributed by atoms with Crippen LogP contribution < -0.4 is 5.32 Å². The molecule has 0 radical (unpaired) electrons. The normalized spacial score (nSPS) is 26.8. The van der Waals surface area contributed by atoms with E-state index in [1.165, 1.54) is 11.1 Å². The van der Waals surface area contributed by atoms with Crippen molar-refractivity contribution in [2.45, 2.75) is 13.0 Å². The Morgan fingerprint density at radius 2 is 2.18 bits per heavy atom. The average Bonchev–Trinajstić information content (AvgIpc) is 2.06. The molecule has 2 rings (SSSR count). The molecule has 0 aromatic carbocycles. The maximum atomic E-state index is 3.27. The molecular formula is C10H11N. The quantitative estimate of drug-likeness (QED) is 0.549. The second-order valence-corrected chi connectivity index (χ2v) is 2.86. The van der Waals surface area contributed by atoms with Crippen LogP contribution in [0.1, 0.15) is 6.92 Å². The summed E-state index contributed by atoms with van der Waals surface area (Å²) in [5.41, 5.74) is 2.74. The van der Waals surface area contributed by atoms with Gasteiger partial charge in [0.05, 0.1) is 6.04 Å². The minimum Gasteiger partial charge on any atom is -0.381 e. The van der Waals surface area contributed by atoms with Crippen LogP contribution in [0.25, 0.3) is 0 Å². The van der Waals surface area contributed by atoms with Crippen LogP contribution in [0.4, 0.5) is 0 Å². The maximum absolute atomic E-state index is 3.27. The highest BCUT2D eigenvalue weighted by molar-refractivity contribution is 5.45. The van der Waals surface area contributed by atoms with Crippen molar-refractivity contribution >= 4 is 0 Å². The van der Waals surface area contributed by atoms with Crippen LogP contribution in [-0.2, 0) is 0 Å². The molecule has 1 N–H and O–H groups in total. The van der Waals surface area contributed by atoms with E-state index < -0.39 is 0 Å². The van der Waals surface area contributed by atoms with Crippen LogP contribution >= 0.6 is 0 Å². The SMILES string of the molecule is CC1=C2C=CC=CC2NC=C1. The zero-order valence-electron chi connectivity index (χ0n) is 6.54. The monoisotopic (exact) mass is 145 g/mol. The molecule has 1 nitrogen and oxygen atoms in total. The third-order valence-corrected chi connectivity index (χ3v) is 2.09. The molecule has 1 heteroatoms. The second kappa shape index (κ2) is 2.42. The zero-order chi connectivity index (χ0) is 7.68. The molecule has 1 atom stereocenters. The number of hydrogen-bond acceptors (Lipinski definition) is 1. The summed E-state index contributed by atoms with van der Waals surface area (Å²) in [7, 11) is 0. The summed E-state index contributed by atoms with van der Waals surface area (Å²) in [6.07, 6.45) is 12.6. The van der Waals surface area contributed by atoms with E-state index in [1.807, 2.05) is 6.20 Å². The molecule has 0 saturated carbocycles. The van der Waals surface area contributed by atoms with Gasteiger partial charge in [0.15, 0.2) is 0 Å². The molecule has 56 valence electrons. The van der Waals surface area contributed by atoms with Crippen LogP contribution in [0.5, 0.6) is 0 Å². The summed E-state index contributed by atoms with van der Waals surface area (Å²) in [6.45, 7) is 2.14. The Bertz CT molecular complexity index is 279. The zero-order valence-corrected chi connectivity index (χ0v) is 6.54. The van der Waals surface area contributed by atoms with Gasteiger partial charge in [-0.3, -0.25) is 0 Å². The number of nitrogens with one attached hydrogen (secondary N) is 1. The highest BCUT2D eigenvalue weighted by atomic mass is 14.9. The average molecular weight is 145 g/mol. The van der Waals surface area contributed by atoms with Crippen LogP contribution in [0.15, 0.2) is 47.7 Å². The van der Waals surface area contributed by atoms with Gasteiger partial charge >= 0.3 is 0 Å². The Morgan fingerprint density at radius 1 is 1.27 bits per heavy atom. The molecular weight excluding hydrogens is 134 g/mol. The molecule has 2 aliphatic rings. The largest absolute Gasteiger partial charge is 0.381 e. The van der Waals surface area contributed by atoms with Crippen LogP contribution in [0, 0.1) is 0 Å². The third-order valence-electron chi connectivity index (χ3n) is 2.09. The fourth-order valence-corrected chi connectivity index (χ4v) is 1.44. The summed E-state index contributed by atoms with van der Waals surface area (Å²) in [5, 5.41) is 3.27.